The van der Waals surface area contributed by atoms with E-state index in [1.165, 1.54) is 0 Å². The number of anilines is 1. The molecule has 1 N–H and O–H groups in total. The maximum absolute atomic E-state index is 12.3. The van der Waals surface area contributed by atoms with Gasteiger partial charge in [0.25, 0.3) is 5.91 Å². The predicted molar refractivity (Wildman–Crippen MR) is 83.9 cm³/mol. The summed E-state index contributed by atoms with van der Waals surface area (Å²) in [6.07, 6.45) is 1.78. The van der Waals surface area contributed by atoms with Crippen molar-refractivity contribution in [3.63, 3.8) is 0 Å². The Bertz CT molecular complexity index is 634. The van der Waals surface area contributed by atoms with E-state index < -0.39 is 0 Å². The SMILES string of the molecule is Cc1nccc(C(=O)Nc2ccc(OC(C)C)cc2)c1C. The monoisotopic (exact) mass is 284 g/mol. The van der Waals surface area contributed by atoms with Crippen LogP contribution >= 0.6 is 0 Å². The molecule has 110 valence electrons. The van der Waals surface area contributed by atoms with Crippen molar-refractivity contribution in [2.24, 2.45) is 0 Å². The molecule has 1 aromatic heterocycles. The predicted octanol–water partition coefficient (Wildman–Crippen LogP) is 3.74. The minimum atomic E-state index is -0.129. The van der Waals surface area contributed by atoms with Crippen LogP contribution in [0.3, 0.4) is 0 Å². The quantitative estimate of drug-likeness (QED) is 0.930. The van der Waals surface area contributed by atoms with E-state index in [1.54, 1.807) is 12.3 Å². The third-order valence-corrected chi connectivity index (χ3v) is 3.18. The Kier molecular flexibility index (Phi) is 4.58. The number of nitrogens with one attached hydrogen (secondary N) is 1. The molecule has 1 aromatic carbocycles. The van der Waals surface area contributed by atoms with Gasteiger partial charge in [0.15, 0.2) is 0 Å². The fourth-order valence-electron chi connectivity index (χ4n) is 1.97. The van der Waals surface area contributed by atoms with Gasteiger partial charge in [-0.15, -0.1) is 0 Å². The van der Waals surface area contributed by atoms with Gasteiger partial charge in [-0.1, -0.05) is 0 Å². The lowest BCUT2D eigenvalue weighted by molar-refractivity contribution is 0.102. The van der Waals surface area contributed by atoms with E-state index >= 15 is 0 Å². The number of pyridine rings is 1. The molecule has 0 saturated carbocycles. The van der Waals surface area contributed by atoms with Crippen LogP contribution in [0, 0.1) is 13.8 Å². The van der Waals surface area contributed by atoms with Gasteiger partial charge in [0.2, 0.25) is 0 Å². The smallest absolute Gasteiger partial charge is 0.256 e. The Balaban J connectivity index is 2.11. The lowest BCUT2D eigenvalue weighted by atomic mass is 10.1. The fourth-order valence-corrected chi connectivity index (χ4v) is 1.97. The zero-order chi connectivity index (χ0) is 15.4. The number of hydrogen-bond donors (Lipinski definition) is 1. The van der Waals surface area contributed by atoms with Crippen molar-refractivity contribution in [1.29, 1.82) is 0 Å². The van der Waals surface area contributed by atoms with E-state index in [2.05, 4.69) is 10.3 Å². The molecule has 2 aromatic rings. The van der Waals surface area contributed by atoms with Crippen LogP contribution in [-0.2, 0) is 0 Å². The van der Waals surface area contributed by atoms with Crippen LogP contribution in [0.2, 0.25) is 0 Å². The minimum Gasteiger partial charge on any atom is -0.491 e. The van der Waals surface area contributed by atoms with Crippen molar-refractivity contribution in [2.45, 2.75) is 33.8 Å². The number of aromatic nitrogens is 1. The van der Waals surface area contributed by atoms with Gasteiger partial charge in [-0.2, -0.15) is 0 Å². The van der Waals surface area contributed by atoms with Crippen molar-refractivity contribution in [2.75, 3.05) is 5.32 Å². The first-order valence-corrected chi connectivity index (χ1v) is 6.97. The van der Waals surface area contributed by atoms with Crippen molar-refractivity contribution in [1.82, 2.24) is 4.98 Å². The Labute approximate surface area is 125 Å². The van der Waals surface area contributed by atoms with Crippen molar-refractivity contribution in [3.05, 3.63) is 53.3 Å². The zero-order valence-corrected chi connectivity index (χ0v) is 12.8. The molecule has 4 nitrogen and oxygen atoms in total. The molecule has 0 atom stereocenters. The highest BCUT2D eigenvalue weighted by Crippen LogP contribution is 2.18. The molecule has 0 aliphatic rings. The average molecular weight is 284 g/mol. The first kappa shape index (κ1) is 15.0. The highest BCUT2D eigenvalue weighted by atomic mass is 16.5. The molecule has 1 heterocycles. The van der Waals surface area contributed by atoms with Crippen LogP contribution in [-0.4, -0.2) is 17.0 Å². The first-order chi connectivity index (χ1) is 9.97. The van der Waals surface area contributed by atoms with Crippen LogP contribution in [0.25, 0.3) is 0 Å². The number of hydrogen-bond acceptors (Lipinski definition) is 3. The van der Waals surface area contributed by atoms with Gasteiger partial charge in [0.1, 0.15) is 5.75 Å². The second-order valence-corrected chi connectivity index (χ2v) is 5.21. The fraction of sp³-hybridized carbons (Fsp3) is 0.294. The summed E-state index contributed by atoms with van der Waals surface area (Å²) in [6, 6.07) is 9.09. The number of carbonyl (C=O) groups excluding carboxylic acids is 1. The van der Waals surface area contributed by atoms with Gasteiger partial charge < -0.3 is 10.1 Å². The van der Waals surface area contributed by atoms with E-state index in [1.807, 2.05) is 52.0 Å². The molecule has 0 spiro atoms. The highest BCUT2D eigenvalue weighted by molar-refractivity contribution is 6.05. The Morgan fingerprint density at radius 2 is 1.81 bits per heavy atom. The zero-order valence-electron chi connectivity index (χ0n) is 12.8. The standard InChI is InChI=1S/C17H20N2O2/c1-11(2)21-15-7-5-14(6-8-15)19-17(20)16-9-10-18-13(4)12(16)3/h5-11H,1-4H3,(H,19,20). The third kappa shape index (κ3) is 3.81. The van der Waals surface area contributed by atoms with E-state index in [9.17, 15) is 4.79 Å². The van der Waals surface area contributed by atoms with Gasteiger partial charge in [0, 0.05) is 23.1 Å². The van der Waals surface area contributed by atoms with Crippen LogP contribution in [0.1, 0.15) is 35.5 Å². The summed E-state index contributed by atoms with van der Waals surface area (Å²) in [6.45, 7) is 7.75. The molecule has 1 amide bonds. The van der Waals surface area contributed by atoms with Crippen molar-refractivity contribution in [3.8, 4) is 5.75 Å². The summed E-state index contributed by atoms with van der Waals surface area (Å²) in [5, 5.41) is 2.88. The molecular formula is C17H20N2O2. The minimum absolute atomic E-state index is 0.129. The summed E-state index contributed by atoms with van der Waals surface area (Å²) in [7, 11) is 0. The highest BCUT2D eigenvalue weighted by Gasteiger charge is 2.11. The Morgan fingerprint density at radius 3 is 2.43 bits per heavy atom. The van der Waals surface area contributed by atoms with Crippen LogP contribution in [0.5, 0.6) is 5.75 Å². The normalized spacial score (nSPS) is 10.5. The number of carbonyl (C=O) groups is 1. The second-order valence-electron chi connectivity index (χ2n) is 5.21. The van der Waals surface area contributed by atoms with E-state index in [-0.39, 0.29) is 12.0 Å². The third-order valence-electron chi connectivity index (χ3n) is 3.18. The van der Waals surface area contributed by atoms with Crippen LogP contribution < -0.4 is 10.1 Å². The molecule has 0 saturated heterocycles. The molecule has 2 rings (SSSR count). The van der Waals surface area contributed by atoms with E-state index in [0.717, 1.165) is 22.7 Å². The summed E-state index contributed by atoms with van der Waals surface area (Å²) >= 11 is 0. The van der Waals surface area contributed by atoms with Gasteiger partial charge in [-0.3, -0.25) is 9.78 Å². The maximum atomic E-state index is 12.3. The van der Waals surface area contributed by atoms with Crippen LogP contribution in [0.15, 0.2) is 36.5 Å². The van der Waals surface area contributed by atoms with Crippen LogP contribution in [0.4, 0.5) is 5.69 Å². The topological polar surface area (TPSA) is 51.2 Å². The van der Waals surface area contributed by atoms with Gasteiger partial charge >= 0.3 is 0 Å². The molecule has 0 aliphatic carbocycles. The second kappa shape index (κ2) is 6.39. The number of rotatable bonds is 4. The molecule has 4 heteroatoms. The largest absolute Gasteiger partial charge is 0.491 e. The number of amides is 1. The van der Waals surface area contributed by atoms with Gasteiger partial charge in [-0.25, -0.2) is 0 Å². The Hall–Kier alpha value is -2.36. The number of aryl methyl sites for hydroxylation is 1. The molecule has 0 fully saturated rings. The molecular weight excluding hydrogens is 264 g/mol. The molecule has 0 bridgehead atoms. The molecule has 0 aliphatic heterocycles. The lowest BCUT2D eigenvalue weighted by Gasteiger charge is -2.11. The molecule has 21 heavy (non-hydrogen) atoms. The van der Waals surface area contributed by atoms with Crippen molar-refractivity contribution < 1.29 is 9.53 Å². The number of nitrogens with zero attached hydrogens (tertiary/aromatic N) is 1. The molecule has 0 radical (unpaired) electrons. The number of ether oxygens (including phenoxy) is 1. The van der Waals surface area contributed by atoms with E-state index in [0.29, 0.717) is 5.56 Å². The Morgan fingerprint density at radius 1 is 1.14 bits per heavy atom. The summed E-state index contributed by atoms with van der Waals surface area (Å²) in [5.74, 6) is 0.662. The van der Waals surface area contributed by atoms with E-state index in [4.69, 9.17) is 4.74 Å². The van der Waals surface area contributed by atoms with Gasteiger partial charge in [0.05, 0.1) is 6.10 Å². The average Bonchev–Trinajstić information content (AvgIpc) is 2.43. The lowest BCUT2D eigenvalue weighted by Crippen LogP contribution is -2.14. The maximum Gasteiger partial charge on any atom is 0.256 e. The summed E-state index contributed by atoms with van der Waals surface area (Å²) in [5.41, 5.74) is 3.15. The molecule has 0 unspecified atom stereocenters. The summed E-state index contributed by atoms with van der Waals surface area (Å²) in [4.78, 5) is 16.5. The summed E-state index contributed by atoms with van der Waals surface area (Å²) < 4.78 is 5.57. The van der Waals surface area contributed by atoms with Crippen molar-refractivity contribution >= 4 is 11.6 Å². The van der Waals surface area contributed by atoms with Gasteiger partial charge in [-0.05, 0) is 63.6 Å². The number of benzene rings is 1. The first-order valence-electron chi connectivity index (χ1n) is 6.97.